The molecule has 2 rings (SSSR count). The first-order chi connectivity index (χ1) is 8.50. The number of nitrogens with two attached hydrogens (primary N) is 1. The van der Waals surface area contributed by atoms with Crippen LogP contribution in [0.5, 0.6) is 0 Å². The van der Waals surface area contributed by atoms with Crippen molar-refractivity contribution in [1.82, 2.24) is 0 Å². The van der Waals surface area contributed by atoms with Crippen molar-refractivity contribution in [1.29, 1.82) is 0 Å². The smallest absolute Gasteiger partial charge is 0.0438 e. The lowest BCUT2D eigenvalue weighted by atomic mass is 9.71. The van der Waals surface area contributed by atoms with Gasteiger partial charge in [-0.05, 0) is 55.6 Å². The fourth-order valence-electron chi connectivity index (χ4n) is 3.08. The molecule has 1 aliphatic rings. The van der Waals surface area contributed by atoms with Gasteiger partial charge in [-0.3, -0.25) is 0 Å². The predicted molar refractivity (Wildman–Crippen MR) is 78.9 cm³/mol. The fourth-order valence-corrected chi connectivity index (χ4v) is 3.28. The maximum Gasteiger partial charge on any atom is 0.0438 e. The molecule has 1 fully saturated rings. The largest absolute Gasteiger partial charge is 0.325 e. The summed E-state index contributed by atoms with van der Waals surface area (Å²) >= 11 is 6.23. The molecule has 0 amide bonds. The summed E-state index contributed by atoms with van der Waals surface area (Å²) in [5.41, 5.74) is 7.72. The van der Waals surface area contributed by atoms with Crippen LogP contribution >= 0.6 is 11.6 Å². The summed E-state index contributed by atoms with van der Waals surface area (Å²) in [6, 6.07) is 8.08. The third-order valence-corrected chi connectivity index (χ3v) is 4.84. The third kappa shape index (κ3) is 3.27. The molecule has 1 nitrogen and oxygen atoms in total. The van der Waals surface area contributed by atoms with E-state index in [1.165, 1.54) is 18.4 Å². The molecule has 0 radical (unpaired) electrons. The van der Waals surface area contributed by atoms with Gasteiger partial charge in [0.05, 0.1) is 0 Å². The van der Waals surface area contributed by atoms with Crippen LogP contribution < -0.4 is 5.73 Å². The quantitative estimate of drug-likeness (QED) is 0.860. The van der Waals surface area contributed by atoms with Gasteiger partial charge in [-0.25, -0.2) is 0 Å². The van der Waals surface area contributed by atoms with Crippen molar-refractivity contribution in [3.05, 3.63) is 34.9 Å². The molecule has 1 aromatic rings. The maximum atomic E-state index is 6.56. The number of hydrogen-bond donors (Lipinski definition) is 1. The van der Waals surface area contributed by atoms with Gasteiger partial charge in [-0.1, -0.05) is 43.6 Å². The maximum absolute atomic E-state index is 6.56. The van der Waals surface area contributed by atoms with Crippen LogP contribution in [0.25, 0.3) is 0 Å². The lowest BCUT2D eigenvalue weighted by Crippen LogP contribution is -2.45. The summed E-state index contributed by atoms with van der Waals surface area (Å²) in [6.07, 6.45) is 5.69. The molecule has 2 heteroatoms. The molecule has 1 aliphatic carbocycles. The molecule has 2 N–H and O–H groups in total. The zero-order valence-electron chi connectivity index (χ0n) is 11.5. The Hall–Kier alpha value is -0.530. The van der Waals surface area contributed by atoms with E-state index in [0.717, 1.165) is 36.1 Å². The summed E-state index contributed by atoms with van der Waals surface area (Å²) in [4.78, 5) is 0. The first-order valence-corrected chi connectivity index (χ1v) is 7.40. The molecule has 0 aliphatic heterocycles. The molecule has 100 valence electrons. The van der Waals surface area contributed by atoms with E-state index in [0.29, 0.717) is 0 Å². The van der Waals surface area contributed by atoms with Crippen molar-refractivity contribution in [2.45, 2.75) is 51.5 Å². The SMILES string of the molecule is CC(C)C1CCC(N)(Cc2ccccc2Cl)CC1. The van der Waals surface area contributed by atoms with Crippen LogP contribution in [0.4, 0.5) is 0 Å². The molecule has 18 heavy (non-hydrogen) atoms. The first-order valence-electron chi connectivity index (χ1n) is 7.02. The van der Waals surface area contributed by atoms with Crippen LogP contribution in [0.3, 0.4) is 0 Å². The highest BCUT2D eigenvalue weighted by atomic mass is 35.5. The molecule has 0 spiro atoms. The topological polar surface area (TPSA) is 26.0 Å². The summed E-state index contributed by atoms with van der Waals surface area (Å²) in [5, 5.41) is 0.855. The van der Waals surface area contributed by atoms with Crippen molar-refractivity contribution >= 4 is 11.6 Å². The zero-order valence-corrected chi connectivity index (χ0v) is 12.2. The Kier molecular flexibility index (Phi) is 4.34. The van der Waals surface area contributed by atoms with Gasteiger partial charge in [0.15, 0.2) is 0 Å². The van der Waals surface area contributed by atoms with E-state index in [1.54, 1.807) is 0 Å². The van der Waals surface area contributed by atoms with Crippen LogP contribution in [0.2, 0.25) is 5.02 Å². The van der Waals surface area contributed by atoms with Gasteiger partial charge in [-0.15, -0.1) is 0 Å². The highest BCUT2D eigenvalue weighted by molar-refractivity contribution is 6.31. The Balaban J connectivity index is 2.00. The van der Waals surface area contributed by atoms with Gasteiger partial charge in [0.25, 0.3) is 0 Å². The van der Waals surface area contributed by atoms with E-state index in [2.05, 4.69) is 19.9 Å². The molecule has 0 heterocycles. The lowest BCUT2D eigenvalue weighted by molar-refractivity contribution is 0.194. The molecule has 0 saturated heterocycles. The van der Waals surface area contributed by atoms with Crippen molar-refractivity contribution in [2.75, 3.05) is 0 Å². The van der Waals surface area contributed by atoms with Crippen LogP contribution in [0.1, 0.15) is 45.1 Å². The third-order valence-electron chi connectivity index (χ3n) is 4.47. The minimum absolute atomic E-state index is 0.0453. The molecule has 0 bridgehead atoms. The van der Waals surface area contributed by atoms with E-state index in [9.17, 15) is 0 Å². The lowest BCUT2D eigenvalue weighted by Gasteiger charge is -2.39. The number of hydrogen-bond acceptors (Lipinski definition) is 1. The van der Waals surface area contributed by atoms with Gasteiger partial charge in [0.2, 0.25) is 0 Å². The van der Waals surface area contributed by atoms with Crippen molar-refractivity contribution in [2.24, 2.45) is 17.6 Å². The second-order valence-corrected chi connectivity index (χ2v) is 6.62. The average Bonchev–Trinajstić information content (AvgIpc) is 2.32. The summed E-state index contributed by atoms with van der Waals surface area (Å²) in [5.74, 6) is 1.64. The molecule has 0 atom stereocenters. The molecular weight excluding hydrogens is 242 g/mol. The summed E-state index contributed by atoms with van der Waals surface area (Å²) < 4.78 is 0. The molecule has 1 aromatic carbocycles. The van der Waals surface area contributed by atoms with Gasteiger partial charge in [-0.2, -0.15) is 0 Å². The Labute approximate surface area is 116 Å². The highest BCUT2D eigenvalue weighted by Gasteiger charge is 2.33. The average molecular weight is 266 g/mol. The fraction of sp³-hybridized carbons (Fsp3) is 0.625. The van der Waals surface area contributed by atoms with Gasteiger partial charge in [0, 0.05) is 10.6 Å². The molecular formula is C16H24ClN. The summed E-state index contributed by atoms with van der Waals surface area (Å²) in [6.45, 7) is 4.64. The van der Waals surface area contributed by atoms with Crippen molar-refractivity contribution in [3.63, 3.8) is 0 Å². The Morgan fingerprint density at radius 1 is 1.28 bits per heavy atom. The van der Waals surface area contributed by atoms with E-state index in [4.69, 9.17) is 17.3 Å². The first kappa shape index (κ1) is 13.9. The predicted octanol–water partition coefficient (Wildman–Crippen LogP) is 4.43. The van der Waals surface area contributed by atoms with E-state index >= 15 is 0 Å². The second kappa shape index (κ2) is 5.63. The molecule has 1 saturated carbocycles. The van der Waals surface area contributed by atoms with Gasteiger partial charge in [0.1, 0.15) is 0 Å². The van der Waals surface area contributed by atoms with Crippen molar-refractivity contribution < 1.29 is 0 Å². The highest BCUT2D eigenvalue weighted by Crippen LogP contribution is 2.37. The van der Waals surface area contributed by atoms with Crippen molar-refractivity contribution in [3.8, 4) is 0 Å². The summed E-state index contributed by atoms with van der Waals surface area (Å²) in [7, 11) is 0. The van der Waals surface area contributed by atoms with Gasteiger partial charge < -0.3 is 5.73 Å². The number of halogens is 1. The van der Waals surface area contributed by atoms with Crippen LogP contribution in [0.15, 0.2) is 24.3 Å². The Bertz CT molecular complexity index is 392. The van der Waals surface area contributed by atoms with Crippen LogP contribution in [-0.4, -0.2) is 5.54 Å². The normalized spacial score (nSPS) is 28.6. The number of benzene rings is 1. The Morgan fingerprint density at radius 3 is 2.44 bits per heavy atom. The van der Waals surface area contributed by atoms with E-state index in [1.807, 2.05) is 18.2 Å². The Morgan fingerprint density at radius 2 is 1.89 bits per heavy atom. The molecule has 0 aromatic heterocycles. The number of rotatable bonds is 3. The van der Waals surface area contributed by atoms with E-state index in [-0.39, 0.29) is 5.54 Å². The standard InChI is InChI=1S/C16H24ClN/c1-12(2)13-7-9-16(18,10-8-13)11-14-5-3-4-6-15(14)17/h3-6,12-13H,7-11,18H2,1-2H3. The minimum atomic E-state index is -0.0453. The van der Waals surface area contributed by atoms with Gasteiger partial charge >= 0.3 is 0 Å². The monoisotopic (exact) mass is 265 g/mol. The van der Waals surface area contributed by atoms with Crippen LogP contribution in [0, 0.1) is 11.8 Å². The second-order valence-electron chi connectivity index (χ2n) is 6.21. The van der Waals surface area contributed by atoms with E-state index < -0.39 is 0 Å². The van der Waals surface area contributed by atoms with Crippen LogP contribution in [-0.2, 0) is 6.42 Å². The minimum Gasteiger partial charge on any atom is -0.325 e. The molecule has 0 unspecified atom stereocenters. The zero-order chi connectivity index (χ0) is 13.2.